The van der Waals surface area contributed by atoms with Crippen molar-refractivity contribution in [3.8, 4) is 33.5 Å². The predicted octanol–water partition coefficient (Wildman–Crippen LogP) is 9.96. The number of ether oxygens (including phenoxy) is 2. The van der Waals surface area contributed by atoms with Crippen LogP contribution in [0.5, 0.6) is 0 Å². The monoisotopic (exact) mass is 938 g/mol. The van der Waals surface area contributed by atoms with Crippen molar-refractivity contribution < 1.29 is 28.7 Å². The Bertz CT molecular complexity index is 2790. The number of aromatic nitrogens is 4. The van der Waals surface area contributed by atoms with Crippen LogP contribution in [0.25, 0.3) is 44.4 Å². The third-order valence-electron chi connectivity index (χ3n) is 15.7. The van der Waals surface area contributed by atoms with Crippen molar-refractivity contribution in [1.29, 1.82) is 0 Å². The molecule has 5 aromatic rings. The van der Waals surface area contributed by atoms with Crippen LogP contribution in [0.1, 0.15) is 133 Å². The van der Waals surface area contributed by atoms with Crippen molar-refractivity contribution in [2.75, 3.05) is 20.8 Å². The van der Waals surface area contributed by atoms with Crippen LogP contribution >= 0.6 is 0 Å². The molecular formula is C55H67N7O7. The van der Waals surface area contributed by atoms with Crippen molar-refractivity contribution >= 4 is 34.8 Å². The first-order chi connectivity index (χ1) is 33.3. The number of piperidine rings is 1. The maximum absolute atomic E-state index is 14.1. The Labute approximate surface area is 404 Å². The normalized spacial score (nSPS) is 20.8. The van der Waals surface area contributed by atoms with E-state index in [2.05, 4.69) is 63.1 Å². The smallest absolute Gasteiger partial charge is 0.407 e. The number of rotatable bonds is 12. The van der Waals surface area contributed by atoms with Crippen LogP contribution < -0.4 is 16.2 Å². The molecular weight excluding hydrogens is 871 g/mol. The minimum Gasteiger partial charge on any atom is -0.453 e. The minimum absolute atomic E-state index is 0.0516. The molecule has 3 aromatic carbocycles. The van der Waals surface area contributed by atoms with Crippen molar-refractivity contribution in [1.82, 2.24) is 35.5 Å². The van der Waals surface area contributed by atoms with E-state index in [-0.39, 0.29) is 52.4 Å². The predicted molar refractivity (Wildman–Crippen MR) is 265 cm³/mol. The zero-order valence-corrected chi connectivity index (χ0v) is 40.9. The van der Waals surface area contributed by atoms with Crippen LogP contribution in [-0.2, 0) is 31.9 Å². The molecule has 1 spiro atoms. The quantitative estimate of drug-likeness (QED) is 0.0944. The number of alkyl carbamates (subject to hydrolysis) is 2. The highest BCUT2D eigenvalue weighted by Gasteiger charge is 2.43. The van der Waals surface area contributed by atoms with Crippen LogP contribution in [0.4, 0.5) is 9.59 Å². The number of carbonyl (C=O) groups excluding carboxylic acids is 4. The molecule has 3 heterocycles. The van der Waals surface area contributed by atoms with E-state index in [1.807, 2.05) is 50.9 Å². The Balaban J connectivity index is 0.980. The number of hydrogen-bond acceptors (Lipinski definition) is 9. The standard InChI is InChI=1S/C55H67N7O7/c1-31(2)46(59-53(66)68-5)48(63)38-13-7-8-14-39(38)49-57-43-23-20-35(27-40(43)51(64)61-49)37-22-21-36(41-28-55(29-42(37)41)24-10-11-25-55)33-16-18-34(19-17-33)44-30-56-50(58-44)45-15-9-12-26-62(45)52(65)47(32(3)4)60-54(67)69-6/h16-23,27,30-32,38-39,45-47H,7-15,24-26,28-29H2,1-6H3,(H,56,58)(H,59,66)(H,60,67)(H,57,61,64)/t38?,39-,45?,46+,47+/m1/s1. The molecule has 4 N–H and O–H groups in total. The summed E-state index contributed by atoms with van der Waals surface area (Å²) in [4.78, 5) is 84.6. The zero-order chi connectivity index (χ0) is 48.6. The second-order valence-corrected chi connectivity index (χ2v) is 20.8. The first kappa shape index (κ1) is 47.7. The number of likely N-dealkylation sites (tertiary alicyclic amines) is 1. The summed E-state index contributed by atoms with van der Waals surface area (Å²) in [7, 11) is 2.59. The lowest BCUT2D eigenvalue weighted by Crippen LogP contribution is -2.53. The summed E-state index contributed by atoms with van der Waals surface area (Å²) < 4.78 is 9.66. The molecule has 3 amide bonds. The van der Waals surface area contributed by atoms with Gasteiger partial charge in [0.1, 0.15) is 17.7 Å². The van der Waals surface area contributed by atoms with E-state index >= 15 is 0 Å². The van der Waals surface area contributed by atoms with E-state index in [1.165, 1.54) is 56.6 Å². The molecule has 9 rings (SSSR count). The Morgan fingerprint density at radius 3 is 1.99 bits per heavy atom. The lowest BCUT2D eigenvalue weighted by molar-refractivity contribution is -0.138. The van der Waals surface area contributed by atoms with E-state index in [0.29, 0.717) is 29.7 Å². The van der Waals surface area contributed by atoms with Gasteiger partial charge in [-0.05, 0) is 126 Å². The van der Waals surface area contributed by atoms with Crippen LogP contribution in [0.3, 0.4) is 0 Å². The fourth-order valence-corrected chi connectivity index (χ4v) is 12.0. The average molecular weight is 938 g/mol. The van der Waals surface area contributed by atoms with Gasteiger partial charge in [0.05, 0.1) is 49.1 Å². The molecule has 3 aliphatic carbocycles. The zero-order valence-electron chi connectivity index (χ0n) is 40.9. The fourth-order valence-electron chi connectivity index (χ4n) is 12.0. The number of carbonyl (C=O) groups is 4. The number of hydrogen-bond donors (Lipinski definition) is 4. The number of Topliss-reactive ketones (excluding diaryl/α,β-unsaturated/α-hetero) is 1. The van der Waals surface area contributed by atoms with Gasteiger partial charge in [-0.3, -0.25) is 14.4 Å². The summed E-state index contributed by atoms with van der Waals surface area (Å²) in [6.45, 7) is 8.25. The molecule has 2 saturated carbocycles. The molecule has 0 radical (unpaired) electrons. The van der Waals surface area contributed by atoms with Gasteiger partial charge in [0, 0.05) is 18.4 Å². The molecule has 14 heteroatoms. The molecule has 1 saturated heterocycles. The van der Waals surface area contributed by atoms with Gasteiger partial charge in [-0.25, -0.2) is 19.6 Å². The highest BCUT2D eigenvalue weighted by Crippen LogP contribution is 2.53. The van der Waals surface area contributed by atoms with E-state index < -0.39 is 24.3 Å². The molecule has 14 nitrogen and oxygen atoms in total. The third-order valence-corrected chi connectivity index (χ3v) is 15.7. The SMILES string of the molecule is COC(=O)N[C@H](C(=O)C1CCCC[C@H]1c1nc2ccc(-c3ccc(-c4ccc(-c5cnc(C6CCCCN6C(=O)[C@@H](NC(=O)OC)C(C)C)[nH]5)cc4)c4c3CC3(CCCC3)C4)cc2c(=O)[nH]1)C(C)C. The maximum atomic E-state index is 14.1. The van der Waals surface area contributed by atoms with E-state index in [4.69, 9.17) is 19.4 Å². The highest BCUT2D eigenvalue weighted by atomic mass is 16.5. The first-order valence-electron chi connectivity index (χ1n) is 25.2. The third kappa shape index (κ3) is 9.55. The van der Waals surface area contributed by atoms with Gasteiger partial charge in [0.15, 0.2) is 5.78 Å². The van der Waals surface area contributed by atoms with E-state index in [1.54, 1.807) is 0 Å². The van der Waals surface area contributed by atoms with E-state index in [0.717, 1.165) is 85.1 Å². The molecule has 5 atom stereocenters. The second-order valence-electron chi connectivity index (χ2n) is 20.8. The number of amides is 3. The summed E-state index contributed by atoms with van der Waals surface area (Å²) in [6.07, 6.45) is 13.3. The van der Waals surface area contributed by atoms with Gasteiger partial charge in [-0.15, -0.1) is 0 Å². The first-order valence-corrected chi connectivity index (χ1v) is 25.2. The number of H-pyrrole nitrogens is 2. The molecule has 2 aromatic heterocycles. The number of imidazole rings is 1. The molecule has 1 aliphatic heterocycles. The number of fused-ring (bicyclic) bond motifs is 2. The molecule has 0 bridgehead atoms. The van der Waals surface area contributed by atoms with Crippen molar-refractivity contribution in [2.45, 2.75) is 135 Å². The molecule has 3 fully saturated rings. The summed E-state index contributed by atoms with van der Waals surface area (Å²) in [5, 5.41) is 6.01. The highest BCUT2D eigenvalue weighted by molar-refractivity contribution is 5.91. The Hall–Kier alpha value is -6.31. The second kappa shape index (κ2) is 20.0. The van der Waals surface area contributed by atoms with Crippen molar-refractivity contribution in [3.63, 3.8) is 0 Å². The van der Waals surface area contributed by atoms with Crippen molar-refractivity contribution in [3.05, 3.63) is 93.9 Å². The Kier molecular flexibility index (Phi) is 13.8. The lowest BCUT2D eigenvalue weighted by Gasteiger charge is -2.37. The number of benzene rings is 3. The molecule has 4 aliphatic rings. The minimum atomic E-state index is -0.702. The summed E-state index contributed by atoms with van der Waals surface area (Å²) in [5.74, 6) is 0.180. The summed E-state index contributed by atoms with van der Waals surface area (Å²) in [5.41, 5.74) is 9.74. The van der Waals surface area contributed by atoms with Gasteiger partial charge in [0.25, 0.3) is 5.56 Å². The molecule has 364 valence electrons. The average Bonchev–Trinajstić information content (AvgIpc) is 4.14. The van der Waals surface area contributed by atoms with Crippen LogP contribution in [0.15, 0.2) is 65.6 Å². The largest absolute Gasteiger partial charge is 0.453 e. The van der Waals surface area contributed by atoms with Gasteiger partial charge in [-0.1, -0.05) is 95.8 Å². The Morgan fingerprint density at radius 1 is 0.710 bits per heavy atom. The molecule has 69 heavy (non-hydrogen) atoms. The number of ketones is 1. The number of nitrogens with one attached hydrogen (secondary N) is 4. The number of aromatic amines is 2. The maximum Gasteiger partial charge on any atom is 0.407 e. The van der Waals surface area contributed by atoms with Gasteiger partial charge in [-0.2, -0.15) is 0 Å². The molecule has 2 unspecified atom stereocenters. The van der Waals surface area contributed by atoms with Gasteiger partial charge < -0.3 is 35.0 Å². The van der Waals surface area contributed by atoms with Crippen molar-refractivity contribution in [2.24, 2.45) is 23.2 Å². The van der Waals surface area contributed by atoms with Gasteiger partial charge >= 0.3 is 12.2 Å². The van der Waals surface area contributed by atoms with Crippen LogP contribution in [0.2, 0.25) is 0 Å². The topological polar surface area (TPSA) is 188 Å². The van der Waals surface area contributed by atoms with Crippen LogP contribution in [0, 0.1) is 23.2 Å². The summed E-state index contributed by atoms with van der Waals surface area (Å²) >= 11 is 0. The van der Waals surface area contributed by atoms with E-state index in [9.17, 15) is 24.0 Å². The Morgan fingerprint density at radius 2 is 1.32 bits per heavy atom. The van der Waals surface area contributed by atoms with Gasteiger partial charge in [0.2, 0.25) is 5.91 Å². The van der Waals surface area contributed by atoms with Crippen LogP contribution in [-0.4, -0.2) is 81.6 Å². The summed E-state index contributed by atoms with van der Waals surface area (Å²) in [6, 6.07) is 17.5. The number of methoxy groups -OCH3 is 2. The fraction of sp³-hybridized carbons (Fsp3) is 0.509. The lowest BCUT2D eigenvalue weighted by atomic mass is 9.73. The number of nitrogens with zero attached hydrogens (tertiary/aromatic N) is 3.